The van der Waals surface area contributed by atoms with Crippen LogP contribution < -0.4 is 0 Å². The Morgan fingerprint density at radius 3 is 2.64 bits per heavy atom. The molecule has 1 atom stereocenters. The highest BCUT2D eigenvalue weighted by atomic mass is 16.1. The smallest absolute Gasteiger partial charge is 0.137 e. The third kappa shape index (κ3) is 2.00. The quantitative estimate of drug-likeness (QED) is 0.714. The van der Waals surface area contributed by atoms with Crippen molar-refractivity contribution >= 4 is 5.78 Å². The molecule has 2 nitrogen and oxygen atoms in total. The van der Waals surface area contributed by atoms with Gasteiger partial charge in [-0.05, 0) is 31.0 Å². The Labute approximate surface area is 84.2 Å². The minimum absolute atomic E-state index is 0.0883. The second-order valence-electron chi connectivity index (χ2n) is 3.53. The predicted octanol–water partition coefficient (Wildman–Crippen LogP) is 2.56. The summed E-state index contributed by atoms with van der Waals surface area (Å²) in [5.41, 5.74) is 2.47. The van der Waals surface area contributed by atoms with Gasteiger partial charge in [-0.15, -0.1) is 0 Å². The van der Waals surface area contributed by atoms with Gasteiger partial charge in [0, 0.05) is 5.92 Å². The molecule has 1 aromatic rings. The van der Waals surface area contributed by atoms with Gasteiger partial charge in [-0.3, -0.25) is 4.79 Å². The van der Waals surface area contributed by atoms with Crippen molar-refractivity contribution in [2.75, 3.05) is 0 Å². The number of aryl methyl sites for hydroxylation is 1. The molecule has 0 aliphatic heterocycles. The number of carbonyl (C=O) groups excluding carboxylic acids is 1. The van der Waals surface area contributed by atoms with Crippen LogP contribution in [0.3, 0.4) is 0 Å². The number of nitriles is 1. The van der Waals surface area contributed by atoms with Gasteiger partial charge in [0.2, 0.25) is 0 Å². The molecule has 0 aromatic heterocycles. The van der Waals surface area contributed by atoms with Crippen LogP contribution in [0.25, 0.3) is 0 Å². The fraction of sp³-hybridized carbons (Fsp3) is 0.333. The Kier molecular flexibility index (Phi) is 3.03. The summed E-state index contributed by atoms with van der Waals surface area (Å²) in [6.07, 6.45) is 0. The van der Waals surface area contributed by atoms with Gasteiger partial charge in [-0.1, -0.05) is 19.1 Å². The second kappa shape index (κ2) is 4.06. The van der Waals surface area contributed by atoms with Gasteiger partial charge >= 0.3 is 0 Å². The lowest BCUT2D eigenvalue weighted by Crippen LogP contribution is -2.06. The van der Waals surface area contributed by atoms with Crippen molar-refractivity contribution in [3.8, 4) is 6.07 Å². The molecule has 0 bridgehead atoms. The molecule has 0 spiro atoms. The molecule has 0 N–H and O–H groups in total. The van der Waals surface area contributed by atoms with E-state index in [4.69, 9.17) is 5.26 Å². The second-order valence-corrected chi connectivity index (χ2v) is 3.53. The van der Waals surface area contributed by atoms with E-state index in [2.05, 4.69) is 6.07 Å². The average molecular weight is 187 g/mol. The van der Waals surface area contributed by atoms with Crippen LogP contribution in [-0.4, -0.2) is 5.78 Å². The molecule has 72 valence electrons. The van der Waals surface area contributed by atoms with Crippen molar-refractivity contribution in [3.05, 3.63) is 34.9 Å². The van der Waals surface area contributed by atoms with E-state index in [1.54, 1.807) is 6.92 Å². The summed E-state index contributed by atoms with van der Waals surface area (Å²) >= 11 is 0. The van der Waals surface area contributed by atoms with Crippen LogP contribution in [0.5, 0.6) is 0 Å². The van der Waals surface area contributed by atoms with Crippen LogP contribution in [0.4, 0.5) is 0 Å². The lowest BCUT2D eigenvalue weighted by atomic mass is 9.92. The minimum Gasteiger partial charge on any atom is -0.299 e. The maximum atomic E-state index is 11.2. The largest absolute Gasteiger partial charge is 0.299 e. The lowest BCUT2D eigenvalue weighted by Gasteiger charge is -2.10. The molecule has 0 aliphatic rings. The minimum atomic E-state index is -0.190. The highest BCUT2D eigenvalue weighted by Gasteiger charge is 2.14. The molecule has 1 rings (SSSR count). The zero-order valence-electron chi connectivity index (χ0n) is 8.66. The van der Waals surface area contributed by atoms with Crippen molar-refractivity contribution in [1.29, 1.82) is 5.26 Å². The summed E-state index contributed by atoms with van der Waals surface area (Å²) in [5.74, 6) is -0.101. The van der Waals surface area contributed by atoms with Crippen LogP contribution >= 0.6 is 0 Å². The fourth-order valence-corrected chi connectivity index (χ4v) is 1.36. The molecule has 14 heavy (non-hydrogen) atoms. The van der Waals surface area contributed by atoms with Gasteiger partial charge in [-0.2, -0.15) is 5.26 Å². The van der Waals surface area contributed by atoms with E-state index < -0.39 is 0 Å². The van der Waals surface area contributed by atoms with Crippen LogP contribution in [0, 0.1) is 18.3 Å². The van der Waals surface area contributed by atoms with E-state index in [1.807, 2.05) is 32.0 Å². The van der Waals surface area contributed by atoms with Gasteiger partial charge in [0.15, 0.2) is 0 Å². The Morgan fingerprint density at radius 2 is 2.14 bits per heavy atom. The molecule has 2 heteroatoms. The van der Waals surface area contributed by atoms with Crippen molar-refractivity contribution in [2.45, 2.75) is 26.7 Å². The van der Waals surface area contributed by atoms with Gasteiger partial charge < -0.3 is 0 Å². The van der Waals surface area contributed by atoms with E-state index >= 15 is 0 Å². The van der Waals surface area contributed by atoms with Gasteiger partial charge in [0.05, 0.1) is 11.6 Å². The molecule has 1 aromatic carbocycles. The van der Waals surface area contributed by atoms with Crippen LogP contribution in [0.1, 0.15) is 36.5 Å². The van der Waals surface area contributed by atoms with Crippen molar-refractivity contribution < 1.29 is 4.79 Å². The Morgan fingerprint density at radius 1 is 1.50 bits per heavy atom. The van der Waals surface area contributed by atoms with Gasteiger partial charge in [0.25, 0.3) is 0 Å². The zero-order valence-corrected chi connectivity index (χ0v) is 8.66. The molecule has 0 radical (unpaired) electrons. The summed E-state index contributed by atoms with van der Waals surface area (Å²) in [5, 5.41) is 8.91. The maximum Gasteiger partial charge on any atom is 0.137 e. The number of nitrogens with zero attached hydrogens (tertiary/aromatic N) is 1. The molecule has 0 fully saturated rings. The molecular formula is C12H13NO. The first-order chi connectivity index (χ1) is 6.56. The Balaban J connectivity index is 3.22. The van der Waals surface area contributed by atoms with Crippen molar-refractivity contribution in [2.24, 2.45) is 0 Å². The van der Waals surface area contributed by atoms with Crippen LogP contribution in [0.15, 0.2) is 18.2 Å². The zero-order chi connectivity index (χ0) is 10.7. The third-order valence-electron chi connectivity index (χ3n) is 2.41. The molecule has 1 unspecified atom stereocenters. The van der Waals surface area contributed by atoms with E-state index in [-0.39, 0.29) is 11.7 Å². The summed E-state index contributed by atoms with van der Waals surface area (Å²) in [6.45, 7) is 5.31. The number of carbonyl (C=O) groups is 1. The van der Waals surface area contributed by atoms with Gasteiger partial charge in [-0.25, -0.2) is 0 Å². The van der Waals surface area contributed by atoms with Crippen LogP contribution in [-0.2, 0) is 4.79 Å². The normalized spacial score (nSPS) is 11.9. The average Bonchev–Trinajstić information content (AvgIpc) is 2.16. The SMILES string of the molecule is CC(=O)C(C)c1ccc(C)cc1C#N. The number of ketones is 1. The van der Waals surface area contributed by atoms with Crippen molar-refractivity contribution in [1.82, 2.24) is 0 Å². The first-order valence-corrected chi connectivity index (χ1v) is 4.57. The standard InChI is InChI=1S/C12H13NO/c1-8-4-5-12(9(2)10(3)14)11(6-8)7-13/h4-6,9H,1-3H3. The Bertz CT molecular complexity index is 401. The number of rotatable bonds is 2. The van der Waals surface area contributed by atoms with E-state index in [1.165, 1.54) is 0 Å². The van der Waals surface area contributed by atoms with E-state index in [0.717, 1.165) is 11.1 Å². The molecule has 0 saturated heterocycles. The summed E-state index contributed by atoms with van der Waals surface area (Å²) in [6, 6.07) is 7.72. The topological polar surface area (TPSA) is 40.9 Å². The number of benzene rings is 1. The molecular weight excluding hydrogens is 174 g/mol. The summed E-state index contributed by atoms with van der Waals surface area (Å²) < 4.78 is 0. The highest BCUT2D eigenvalue weighted by Crippen LogP contribution is 2.21. The first kappa shape index (κ1) is 10.5. The van der Waals surface area contributed by atoms with E-state index in [0.29, 0.717) is 5.56 Å². The molecule has 0 amide bonds. The number of hydrogen-bond acceptors (Lipinski definition) is 2. The highest BCUT2D eigenvalue weighted by molar-refractivity contribution is 5.83. The first-order valence-electron chi connectivity index (χ1n) is 4.57. The van der Waals surface area contributed by atoms with Crippen LogP contribution in [0.2, 0.25) is 0 Å². The number of Topliss-reactive ketones (excluding diaryl/α,β-unsaturated/α-hetero) is 1. The molecule has 0 aliphatic carbocycles. The maximum absolute atomic E-state index is 11.2. The molecule has 0 heterocycles. The fourth-order valence-electron chi connectivity index (χ4n) is 1.36. The third-order valence-corrected chi connectivity index (χ3v) is 2.41. The van der Waals surface area contributed by atoms with E-state index in [9.17, 15) is 4.79 Å². The lowest BCUT2D eigenvalue weighted by molar-refractivity contribution is -0.118. The summed E-state index contributed by atoms with van der Waals surface area (Å²) in [7, 11) is 0. The van der Waals surface area contributed by atoms with Gasteiger partial charge in [0.1, 0.15) is 5.78 Å². The molecule has 0 saturated carbocycles. The number of hydrogen-bond donors (Lipinski definition) is 0. The Hall–Kier alpha value is -1.62. The monoisotopic (exact) mass is 187 g/mol. The van der Waals surface area contributed by atoms with Crippen molar-refractivity contribution in [3.63, 3.8) is 0 Å². The predicted molar refractivity (Wildman–Crippen MR) is 55.0 cm³/mol. The summed E-state index contributed by atoms with van der Waals surface area (Å²) in [4.78, 5) is 11.2.